The van der Waals surface area contributed by atoms with Crippen LogP contribution in [0.1, 0.15) is 16.2 Å². The number of carbonyl (C=O) groups is 1. The number of methoxy groups -OCH3 is 2. The fourth-order valence-corrected chi connectivity index (χ4v) is 2.19. The number of hydrogen-bond donors (Lipinski definition) is 0. The summed E-state index contributed by atoms with van der Waals surface area (Å²) in [6.45, 7) is -0.131. The van der Waals surface area contributed by atoms with E-state index in [0.29, 0.717) is 17.3 Å². The first-order chi connectivity index (χ1) is 12.2. The van der Waals surface area contributed by atoms with Crippen molar-refractivity contribution in [2.75, 3.05) is 14.2 Å². The lowest BCUT2D eigenvalue weighted by Crippen LogP contribution is -2.07. The third-order valence-corrected chi connectivity index (χ3v) is 3.46. The Morgan fingerprint density at radius 3 is 2.60 bits per heavy atom. The minimum Gasteiger partial charge on any atom is -0.497 e. The van der Waals surface area contributed by atoms with E-state index in [4.69, 9.17) is 18.7 Å². The molecule has 0 atom stereocenters. The van der Waals surface area contributed by atoms with Crippen molar-refractivity contribution in [3.05, 3.63) is 60.0 Å². The molecule has 25 heavy (non-hydrogen) atoms. The van der Waals surface area contributed by atoms with Gasteiger partial charge >= 0.3 is 5.97 Å². The van der Waals surface area contributed by atoms with Crippen molar-refractivity contribution in [3.63, 3.8) is 0 Å². The van der Waals surface area contributed by atoms with Crippen molar-refractivity contribution in [1.29, 1.82) is 0 Å². The van der Waals surface area contributed by atoms with E-state index in [1.54, 1.807) is 18.2 Å². The maximum atomic E-state index is 12.2. The summed E-state index contributed by atoms with van der Waals surface area (Å²) in [7, 11) is 3.00. The average molecular weight is 340 g/mol. The minimum atomic E-state index is -0.557. The van der Waals surface area contributed by atoms with E-state index < -0.39 is 5.97 Å². The number of rotatable bonds is 6. The molecule has 0 aliphatic heterocycles. The number of carbonyl (C=O) groups excluding carboxylic acids is 1. The second-order valence-corrected chi connectivity index (χ2v) is 5.02. The molecular formula is C18H16N2O5. The molecule has 1 aromatic heterocycles. The molecule has 2 aromatic carbocycles. The van der Waals surface area contributed by atoms with Crippen molar-refractivity contribution in [2.45, 2.75) is 6.61 Å². The Labute approximate surface area is 144 Å². The molecule has 3 rings (SSSR count). The molecule has 0 aliphatic rings. The molecule has 0 unspecified atom stereocenters. The quantitative estimate of drug-likeness (QED) is 0.637. The third kappa shape index (κ3) is 3.77. The predicted octanol–water partition coefficient (Wildman–Crippen LogP) is 3.11. The Morgan fingerprint density at radius 1 is 1.08 bits per heavy atom. The normalized spacial score (nSPS) is 10.3. The van der Waals surface area contributed by atoms with Crippen LogP contribution in [0.25, 0.3) is 11.4 Å². The van der Waals surface area contributed by atoms with E-state index in [9.17, 15) is 4.79 Å². The molecule has 0 N–H and O–H groups in total. The van der Waals surface area contributed by atoms with Crippen molar-refractivity contribution in [1.82, 2.24) is 10.1 Å². The molecule has 128 valence electrons. The Hall–Kier alpha value is -3.35. The number of esters is 1. The molecular weight excluding hydrogens is 324 g/mol. The van der Waals surface area contributed by atoms with Crippen LogP contribution < -0.4 is 9.47 Å². The van der Waals surface area contributed by atoms with Crippen LogP contribution >= 0.6 is 0 Å². The lowest BCUT2D eigenvalue weighted by atomic mass is 10.2. The molecule has 7 nitrogen and oxygen atoms in total. The summed E-state index contributed by atoms with van der Waals surface area (Å²) in [6, 6.07) is 14.2. The van der Waals surface area contributed by atoms with Crippen molar-refractivity contribution in [2.24, 2.45) is 0 Å². The first-order valence-corrected chi connectivity index (χ1v) is 7.48. The van der Waals surface area contributed by atoms with Crippen molar-refractivity contribution >= 4 is 5.97 Å². The number of nitrogens with zero attached hydrogens (tertiary/aromatic N) is 2. The molecule has 0 spiro atoms. The van der Waals surface area contributed by atoms with Gasteiger partial charge in [-0.3, -0.25) is 0 Å². The molecule has 0 bridgehead atoms. The Balaban J connectivity index is 1.68. The summed E-state index contributed by atoms with van der Waals surface area (Å²) in [6.07, 6.45) is 0. The second kappa shape index (κ2) is 7.48. The standard InChI is InChI=1S/C18H16N2O5/c1-22-13-8-9-14(15(10-13)23-2)18(21)24-11-16-19-17(20-25-16)12-6-4-3-5-7-12/h3-10H,11H2,1-2H3. The highest BCUT2D eigenvalue weighted by Gasteiger charge is 2.17. The monoisotopic (exact) mass is 340 g/mol. The van der Waals surface area contributed by atoms with Gasteiger partial charge in [0, 0.05) is 11.6 Å². The van der Waals surface area contributed by atoms with Gasteiger partial charge in [0.05, 0.1) is 14.2 Å². The highest BCUT2D eigenvalue weighted by Crippen LogP contribution is 2.25. The number of benzene rings is 2. The first-order valence-electron chi connectivity index (χ1n) is 7.48. The summed E-state index contributed by atoms with van der Waals surface area (Å²) in [5.74, 6) is 1.03. The topological polar surface area (TPSA) is 83.7 Å². The zero-order valence-corrected chi connectivity index (χ0v) is 13.8. The molecule has 0 saturated carbocycles. The van der Waals surface area contributed by atoms with Gasteiger partial charge in [-0.1, -0.05) is 35.5 Å². The second-order valence-electron chi connectivity index (χ2n) is 5.02. The number of hydrogen-bond acceptors (Lipinski definition) is 7. The summed E-state index contributed by atoms with van der Waals surface area (Å²) in [5, 5.41) is 3.87. The lowest BCUT2D eigenvalue weighted by Gasteiger charge is -2.09. The molecule has 0 amide bonds. The van der Waals surface area contributed by atoms with E-state index in [0.717, 1.165) is 5.56 Å². The predicted molar refractivity (Wildman–Crippen MR) is 88.4 cm³/mol. The smallest absolute Gasteiger partial charge is 0.342 e. The lowest BCUT2D eigenvalue weighted by molar-refractivity contribution is 0.0426. The number of ether oxygens (including phenoxy) is 3. The van der Waals surface area contributed by atoms with Gasteiger partial charge in [0.2, 0.25) is 5.82 Å². The van der Waals surface area contributed by atoms with Crippen LogP contribution in [0.4, 0.5) is 0 Å². The minimum absolute atomic E-state index is 0.131. The summed E-state index contributed by atoms with van der Waals surface area (Å²) in [5.41, 5.74) is 1.10. The van der Waals surface area contributed by atoms with Gasteiger partial charge in [-0.15, -0.1) is 0 Å². The largest absolute Gasteiger partial charge is 0.497 e. The van der Waals surface area contributed by atoms with Gasteiger partial charge < -0.3 is 18.7 Å². The number of aromatic nitrogens is 2. The Bertz CT molecular complexity index is 861. The molecule has 0 fully saturated rings. The van der Waals surface area contributed by atoms with Gasteiger partial charge in [-0.25, -0.2) is 4.79 Å². The molecule has 1 heterocycles. The van der Waals surface area contributed by atoms with Crippen LogP contribution in [0, 0.1) is 0 Å². The van der Waals surface area contributed by atoms with E-state index in [1.165, 1.54) is 14.2 Å². The molecule has 0 saturated heterocycles. The van der Waals surface area contributed by atoms with E-state index >= 15 is 0 Å². The summed E-state index contributed by atoms with van der Waals surface area (Å²) >= 11 is 0. The van der Waals surface area contributed by atoms with E-state index in [2.05, 4.69) is 10.1 Å². The maximum Gasteiger partial charge on any atom is 0.342 e. The fourth-order valence-electron chi connectivity index (χ4n) is 2.19. The van der Waals surface area contributed by atoms with Gasteiger partial charge in [0.15, 0.2) is 6.61 Å². The van der Waals surface area contributed by atoms with Crippen LogP contribution in [-0.4, -0.2) is 30.3 Å². The van der Waals surface area contributed by atoms with Crippen LogP contribution in [0.15, 0.2) is 53.1 Å². The summed E-state index contributed by atoms with van der Waals surface area (Å²) < 4.78 is 20.6. The SMILES string of the molecule is COc1ccc(C(=O)OCc2nc(-c3ccccc3)no2)c(OC)c1. The molecule has 3 aromatic rings. The zero-order valence-electron chi connectivity index (χ0n) is 13.8. The highest BCUT2D eigenvalue weighted by molar-refractivity contribution is 5.92. The van der Waals surface area contributed by atoms with Crippen LogP contribution in [-0.2, 0) is 11.3 Å². The van der Waals surface area contributed by atoms with Crippen molar-refractivity contribution in [3.8, 4) is 22.9 Å². The van der Waals surface area contributed by atoms with Crippen molar-refractivity contribution < 1.29 is 23.5 Å². The van der Waals surface area contributed by atoms with Crippen LogP contribution in [0.5, 0.6) is 11.5 Å². The highest BCUT2D eigenvalue weighted by atomic mass is 16.6. The van der Waals surface area contributed by atoms with Gasteiger partial charge in [0.25, 0.3) is 5.89 Å². The first kappa shape index (κ1) is 16.5. The molecule has 0 radical (unpaired) electrons. The maximum absolute atomic E-state index is 12.2. The average Bonchev–Trinajstić information content (AvgIpc) is 3.15. The zero-order chi connectivity index (χ0) is 17.6. The Morgan fingerprint density at radius 2 is 1.88 bits per heavy atom. The van der Waals surface area contributed by atoms with Gasteiger partial charge in [0.1, 0.15) is 17.1 Å². The van der Waals surface area contributed by atoms with E-state index in [1.807, 2.05) is 30.3 Å². The van der Waals surface area contributed by atoms with Crippen LogP contribution in [0.2, 0.25) is 0 Å². The molecule has 7 heteroatoms. The summed E-state index contributed by atoms with van der Waals surface area (Å²) in [4.78, 5) is 16.5. The Kier molecular flexibility index (Phi) is 4.94. The molecule has 0 aliphatic carbocycles. The third-order valence-electron chi connectivity index (χ3n) is 3.46. The fraction of sp³-hybridized carbons (Fsp3) is 0.167. The van der Waals surface area contributed by atoms with E-state index in [-0.39, 0.29) is 18.1 Å². The van der Waals surface area contributed by atoms with Gasteiger partial charge in [-0.2, -0.15) is 4.98 Å². The van der Waals surface area contributed by atoms with Crippen LogP contribution in [0.3, 0.4) is 0 Å². The van der Waals surface area contributed by atoms with Gasteiger partial charge in [-0.05, 0) is 12.1 Å².